The number of aromatic nitrogens is 5. The summed E-state index contributed by atoms with van der Waals surface area (Å²) in [6.07, 6.45) is 0. The highest BCUT2D eigenvalue weighted by Crippen LogP contribution is 2.27. The van der Waals surface area contributed by atoms with E-state index in [0.717, 1.165) is 22.9 Å². The van der Waals surface area contributed by atoms with Gasteiger partial charge in [-0.3, -0.25) is 9.36 Å². The summed E-state index contributed by atoms with van der Waals surface area (Å²) < 4.78 is 7.28. The maximum absolute atomic E-state index is 12.6. The number of benzene rings is 2. The first kappa shape index (κ1) is 23.8. The van der Waals surface area contributed by atoms with Gasteiger partial charge in [0.1, 0.15) is 11.6 Å². The number of hydrogen-bond acceptors (Lipinski definition) is 8. The van der Waals surface area contributed by atoms with Gasteiger partial charge < -0.3 is 10.1 Å². The predicted molar refractivity (Wildman–Crippen MR) is 135 cm³/mol. The molecule has 2 aromatic carbocycles. The smallest absolute Gasteiger partial charge is 0.234 e. The van der Waals surface area contributed by atoms with Crippen LogP contribution in [0.15, 0.2) is 71.0 Å². The second-order valence-corrected chi connectivity index (χ2v) is 9.21. The van der Waals surface area contributed by atoms with E-state index in [-0.39, 0.29) is 11.7 Å². The zero-order chi connectivity index (χ0) is 23.9. The zero-order valence-corrected chi connectivity index (χ0v) is 20.7. The second kappa shape index (κ2) is 11.2. The first-order valence-corrected chi connectivity index (χ1v) is 12.5. The molecule has 0 spiro atoms. The summed E-state index contributed by atoms with van der Waals surface area (Å²) in [4.78, 5) is 21.6. The van der Waals surface area contributed by atoms with Crippen molar-refractivity contribution in [2.45, 2.75) is 29.9 Å². The Labute approximate surface area is 206 Å². The number of aryl methyl sites for hydroxylation is 2. The van der Waals surface area contributed by atoms with Gasteiger partial charge in [-0.25, -0.2) is 9.97 Å². The van der Waals surface area contributed by atoms with E-state index < -0.39 is 0 Å². The SMILES string of the molecule is COc1ccccc1NC(=O)CSc1nnc(CSc2nc(C)cc(C)n2)n1-c1ccccc1. The van der Waals surface area contributed by atoms with Crippen molar-refractivity contribution in [1.29, 1.82) is 0 Å². The minimum Gasteiger partial charge on any atom is -0.495 e. The third kappa shape index (κ3) is 5.95. The average Bonchev–Trinajstić information content (AvgIpc) is 3.24. The number of methoxy groups -OCH3 is 1. The van der Waals surface area contributed by atoms with Crippen LogP contribution in [0, 0.1) is 13.8 Å². The van der Waals surface area contributed by atoms with Gasteiger partial charge in [0.05, 0.1) is 24.3 Å². The Morgan fingerprint density at radius 3 is 2.41 bits per heavy atom. The molecule has 8 nitrogen and oxygen atoms in total. The number of carbonyl (C=O) groups is 1. The Hall–Kier alpha value is -3.37. The van der Waals surface area contributed by atoms with Gasteiger partial charge in [-0.1, -0.05) is 53.9 Å². The number of nitrogens with one attached hydrogen (secondary N) is 1. The van der Waals surface area contributed by atoms with Crippen molar-refractivity contribution >= 4 is 35.1 Å². The van der Waals surface area contributed by atoms with Crippen molar-refractivity contribution < 1.29 is 9.53 Å². The van der Waals surface area contributed by atoms with Crippen LogP contribution in [0.3, 0.4) is 0 Å². The Balaban J connectivity index is 1.50. The molecule has 4 rings (SSSR count). The summed E-state index contributed by atoms with van der Waals surface area (Å²) in [5.41, 5.74) is 3.41. The molecule has 174 valence electrons. The fraction of sp³-hybridized carbons (Fsp3) is 0.208. The molecule has 0 aliphatic rings. The van der Waals surface area contributed by atoms with E-state index >= 15 is 0 Å². The summed E-state index contributed by atoms with van der Waals surface area (Å²) in [7, 11) is 1.57. The fourth-order valence-electron chi connectivity index (χ4n) is 3.28. The predicted octanol–water partition coefficient (Wildman–Crippen LogP) is 4.71. The first-order chi connectivity index (χ1) is 16.5. The van der Waals surface area contributed by atoms with Gasteiger partial charge in [0.15, 0.2) is 10.3 Å². The standard InChI is InChI=1S/C24H24N6O2S2/c1-16-13-17(2)26-23(25-16)33-14-21-28-29-24(30(21)18-9-5-4-6-10-18)34-15-22(31)27-19-11-7-8-12-20(19)32-3/h4-13H,14-15H2,1-3H3,(H,27,31). The third-order valence-electron chi connectivity index (χ3n) is 4.72. The van der Waals surface area contributed by atoms with E-state index in [1.165, 1.54) is 23.5 Å². The topological polar surface area (TPSA) is 94.8 Å². The molecule has 0 atom stereocenters. The number of amides is 1. The van der Waals surface area contributed by atoms with Crippen molar-refractivity contribution in [3.63, 3.8) is 0 Å². The third-order valence-corrected chi connectivity index (χ3v) is 6.49. The Bertz CT molecular complexity index is 1260. The zero-order valence-electron chi connectivity index (χ0n) is 19.1. The highest BCUT2D eigenvalue weighted by molar-refractivity contribution is 7.99. The molecule has 0 bridgehead atoms. The number of ether oxygens (including phenoxy) is 1. The average molecular weight is 493 g/mol. The lowest BCUT2D eigenvalue weighted by Gasteiger charge is -2.11. The molecular weight excluding hydrogens is 468 g/mol. The Morgan fingerprint density at radius 1 is 0.971 bits per heavy atom. The molecule has 0 aliphatic heterocycles. The molecule has 10 heteroatoms. The van der Waals surface area contributed by atoms with Crippen LogP contribution in [0.25, 0.3) is 5.69 Å². The van der Waals surface area contributed by atoms with Gasteiger partial charge in [0, 0.05) is 17.1 Å². The normalized spacial score (nSPS) is 10.8. The van der Waals surface area contributed by atoms with E-state index in [1.54, 1.807) is 19.2 Å². The van der Waals surface area contributed by atoms with Gasteiger partial charge in [-0.2, -0.15) is 0 Å². The molecular formula is C24H24N6O2S2. The summed E-state index contributed by atoms with van der Waals surface area (Å²) >= 11 is 2.83. The molecule has 34 heavy (non-hydrogen) atoms. The van der Waals surface area contributed by atoms with Crippen LogP contribution in [-0.2, 0) is 10.5 Å². The van der Waals surface area contributed by atoms with E-state index in [2.05, 4.69) is 25.5 Å². The van der Waals surface area contributed by atoms with Gasteiger partial charge >= 0.3 is 0 Å². The van der Waals surface area contributed by atoms with E-state index in [1.807, 2.05) is 66.9 Å². The van der Waals surface area contributed by atoms with Gasteiger partial charge in [0.2, 0.25) is 5.91 Å². The number of anilines is 1. The van der Waals surface area contributed by atoms with Crippen LogP contribution in [-0.4, -0.2) is 43.5 Å². The van der Waals surface area contributed by atoms with Crippen LogP contribution in [0.4, 0.5) is 5.69 Å². The number of hydrogen-bond donors (Lipinski definition) is 1. The quantitative estimate of drug-likeness (QED) is 0.265. The first-order valence-electron chi connectivity index (χ1n) is 10.5. The summed E-state index contributed by atoms with van der Waals surface area (Å²) in [5.74, 6) is 1.93. The lowest BCUT2D eigenvalue weighted by molar-refractivity contribution is -0.113. The van der Waals surface area contributed by atoms with E-state index in [0.29, 0.717) is 27.5 Å². The van der Waals surface area contributed by atoms with Gasteiger partial charge in [-0.15, -0.1) is 10.2 Å². The number of thioether (sulfide) groups is 2. The molecule has 0 saturated heterocycles. The van der Waals surface area contributed by atoms with Crippen molar-refractivity contribution in [2.75, 3.05) is 18.2 Å². The molecule has 1 N–H and O–H groups in total. The van der Waals surface area contributed by atoms with Crippen molar-refractivity contribution in [1.82, 2.24) is 24.7 Å². The van der Waals surface area contributed by atoms with Crippen molar-refractivity contribution in [3.05, 3.63) is 77.9 Å². The van der Waals surface area contributed by atoms with Crippen LogP contribution >= 0.6 is 23.5 Å². The number of para-hydroxylation sites is 3. The molecule has 2 aromatic heterocycles. The summed E-state index contributed by atoms with van der Waals surface area (Å²) in [6, 6.07) is 19.1. The molecule has 2 heterocycles. The highest BCUT2D eigenvalue weighted by atomic mass is 32.2. The second-order valence-electron chi connectivity index (χ2n) is 7.33. The molecule has 0 radical (unpaired) electrons. The van der Waals surface area contributed by atoms with Crippen LogP contribution < -0.4 is 10.1 Å². The minimum absolute atomic E-state index is 0.156. The maximum atomic E-state index is 12.6. The van der Waals surface area contributed by atoms with E-state index in [9.17, 15) is 4.79 Å². The number of carbonyl (C=O) groups excluding carboxylic acids is 1. The fourth-order valence-corrected chi connectivity index (χ4v) is 4.91. The van der Waals surface area contributed by atoms with Crippen LogP contribution in [0.5, 0.6) is 5.75 Å². The van der Waals surface area contributed by atoms with Crippen LogP contribution in [0.2, 0.25) is 0 Å². The maximum Gasteiger partial charge on any atom is 0.234 e. The molecule has 0 unspecified atom stereocenters. The largest absolute Gasteiger partial charge is 0.495 e. The van der Waals surface area contributed by atoms with E-state index in [4.69, 9.17) is 4.74 Å². The molecule has 0 aliphatic carbocycles. The molecule has 4 aromatic rings. The monoisotopic (exact) mass is 492 g/mol. The minimum atomic E-state index is -0.156. The van der Waals surface area contributed by atoms with Gasteiger partial charge in [-0.05, 0) is 44.2 Å². The van der Waals surface area contributed by atoms with Crippen molar-refractivity contribution in [2.24, 2.45) is 0 Å². The lowest BCUT2D eigenvalue weighted by Crippen LogP contribution is -2.15. The number of rotatable bonds is 9. The Kier molecular flexibility index (Phi) is 7.81. The number of nitrogens with zero attached hydrogens (tertiary/aromatic N) is 5. The summed E-state index contributed by atoms with van der Waals surface area (Å²) in [5, 5.41) is 13.0. The highest BCUT2D eigenvalue weighted by Gasteiger charge is 2.17. The van der Waals surface area contributed by atoms with Gasteiger partial charge in [0.25, 0.3) is 0 Å². The molecule has 1 amide bonds. The van der Waals surface area contributed by atoms with Crippen molar-refractivity contribution in [3.8, 4) is 11.4 Å². The lowest BCUT2D eigenvalue weighted by atomic mass is 10.3. The molecule has 0 saturated carbocycles. The Morgan fingerprint density at radius 2 is 1.68 bits per heavy atom. The van der Waals surface area contributed by atoms with Crippen LogP contribution in [0.1, 0.15) is 17.2 Å². The molecule has 0 fully saturated rings. The summed E-state index contributed by atoms with van der Waals surface area (Å²) in [6.45, 7) is 3.91.